The number of rotatable bonds is 6. The molecule has 132 valence electrons. The van der Waals surface area contributed by atoms with Crippen molar-refractivity contribution in [2.45, 2.75) is 57.6 Å². The van der Waals surface area contributed by atoms with Crippen LogP contribution in [0.4, 0.5) is 0 Å². The maximum absolute atomic E-state index is 12.5. The average Bonchev–Trinajstić information content (AvgIpc) is 2.67. The van der Waals surface area contributed by atoms with Crippen LogP contribution >= 0.6 is 0 Å². The SMILES string of the molecule is CCC1(CC)C[C@@H](NC(=O)CCc2ccccc2)c2ccccc2O1. The largest absolute Gasteiger partial charge is 0.487 e. The molecule has 0 saturated carbocycles. The minimum absolute atomic E-state index is 0.0214. The molecule has 1 atom stereocenters. The van der Waals surface area contributed by atoms with E-state index < -0.39 is 0 Å². The highest BCUT2D eigenvalue weighted by atomic mass is 16.5. The lowest BCUT2D eigenvalue weighted by Gasteiger charge is -2.41. The van der Waals surface area contributed by atoms with E-state index in [-0.39, 0.29) is 17.6 Å². The van der Waals surface area contributed by atoms with Gasteiger partial charge in [-0.1, -0.05) is 62.4 Å². The smallest absolute Gasteiger partial charge is 0.220 e. The minimum atomic E-state index is -0.189. The van der Waals surface area contributed by atoms with Crippen LogP contribution in [0.15, 0.2) is 54.6 Å². The van der Waals surface area contributed by atoms with E-state index in [1.807, 2.05) is 36.4 Å². The molecular formula is C22H27NO2. The van der Waals surface area contributed by atoms with Gasteiger partial charge in [0.1, 0.15) is 11.4 Å². The van der Waals surface area contributed by atoms with E-state index >= 15 is 0 Å². The molecule has 3 rings (SSSR count). The first-order valence-electron chi connectivity index (χ1n) is 9.27. The van der Waals surface area contributed by atoms with E-state index in [1.165, 1.54) is 5.56 Å². The molecule has 0 radical (unpaired) electrons. The number of aryl methyl sites for hydroxylation is 1. The molecule has 2 aromatic carbocycles. The van der Waals surface area contributed by atoms with E-state index in [4.69, 9.17) is 4.74 Å². The van der Waals surface area contributed by atoms with Gasteiger partial charge in [-0.15, -0.1) is 0 Å². The zero-order valence-electron chi connectivity index (χ0n) is 15.1. The summed E-state index contributed by atoms with van der Waals surface area (Å²) in [6.07, 6.45) is 3.98. The third-order valence-corrected chi connectivity index (χ3v) is 5.30. The summed E-state index contributed by atoms with van der Waals surface area (Å²) in [5.41, 5.74) is 2.10. The maximum atomic E-state index is 12.5. The van der Waals surface area contributed by atoms with Gasteiger partial charge in [-0.05, 0) is 30.9 Å². The van der Waals surface area contributed by atoms with Crippen LogP contribution in [0, 0.1) is 0 Å². The van der Waals surface area contributed by atoms with Gasteiger partial charge in [0.25, 0.3) is 0 Å². The van der Waals surface area contributed by atoms with E-state index in [9.17, 15) is 4.79 Å². The molecule has 0 spiro atoms. The Morgan fingerprint density at radius 3 is 2.48 bits per heavy atom. The number of benzene rings is 2. The van der Waals surface area contributed by atoms with Crippen molar-refractivity contribution in [2.75, 3.05) is 0 Å². The highest BCUT2D eigenvalue weighted by molar-refractivity contribution is 5.77. The third-order valence-electron chi connectivity index (χ3n) is 5.30. The maximum Gasteiger partial charge on any atom is 0.220 e. The Balaban J connectivity index is 1.70. The molecule has 3 nitrogen and oxygen atoms in total. The first-order chi connectivity index (χ1) is 12.2. The second kappa shape index (κ2) is 7.73. The second-order valence-corrected chi connectivity index (χ2v) is 6.84. The normalized spacial score (nSPS) is 18.1. The number of hydrogen-bond donors (Lipinski definition) is 1. The van der Waals surface area contributed by atoms with Crippen LogP contribution in [0.2, 0.25) is 0 Å². The molecule has 25 heavy (non-hydrogen) atoms. The van der Waals surface area contributed by atoms with Crippen LogP contribution in [-0.2, 0) is 11.2 Å². The zero-order chi connectivity index (χ0) is 17.7. The number of nitrogens with one attached hydrogen (secondary N) is 1. The molecule has 2 aromatic rings. The van der Waals surface area contributed by atoms with E-state index in [0.29, 0.717) is 6.42 Å². The molecule has 0 unspecified atom stereocenters. The predicted octanol–water partition coefficient (Wildman–Crippen LogP) is 4.82. The summed E-state index contributed by atoms with van der Waals surface area (Å²) in [6.45, 7) is 4.32. The molecule has 1 aliphatic rings. The monoisotopic (exact) mass is 337 g/mol. The van der Waals surface area contributed by atoms with Crippen LogP contribution in [0.25, 0.3) is 0 Å². The van der Waals surface area contributed by atoms with Crippen molar-refractivity contribution in [3.63, 3.8) is 0 Å². The number of carbonyl (C=O) groups is 1. The summed E-state index contributed by atoms with van der Waals surface area (Å²) < 4.78 is 6.31. The summed E-state index contributed by atoms with van der Waals surface area (Å²) >= 11 is 0. The zero-order valence-corrected chi connectivity index (χ0v) is 15.1. The standard InChI is InChI=1S/C22H27NO2/c1-3-22(4-2)16-19(18-12-8-9-13-20(18)25-22)23-21(24)15-14-17-10-6-5-7-11-17/h5-13,19H,3-4,14-16H2,1-2H3,(H,23,24)/t19-/m1/s1. The fourth-order valence-electron chi connectivity index (χ4n) is 3.60. The molecule has 0 aliphatic carbocycles. The topological polar surface area (TPSA) is 38.3 Å². The summed E-state index contributed by atoms with van der Waals surface area (Å²) in [6, 6.07) is 18.3. The van der Waals surface area contributed by atoms with Gasteiger partial charge < -0.3 is 10.1 Å². The Morgan fingerprint density at radius 2 is 1.76 bits per heavy atom. The van der Waals surface area contributed by atoms with Crippen molar-refractivity contribution in [3.8, 4) is 5.75 Å². The Labute approximate surface area is 150 Å². The lowest BCUT2D eigenvalue weighted by atomic mass is 9.83. The molecule has 1 amide bonds. The van der Waals surface area contributed by atoms with E-state index in [1.54, 1.807) is 0 Å². The van der Waals surface area contributed by atoms with Crippen molar-refractivity contribution in [2.24, 2.45) is 0 Å². The van der Waals surface area contributed by atoms with Gasteiger partial charge in [-0.2, -0.15) is 0 Å². The molecule has 0 fully saturated rings. The van der Waals surface area contributed by atoms with Crippen LogP contribution < -0.4 is 10.1 Å². The van der Waals surface area contributed by atoms with Crippen molar-refractivity contribution in [3.05, 3.63) is 65.7 Å². The summed E-state index contributed by atoms with van der Waals surface area (Å²) in [5.74, 6) is 1.01. The number of para-hydroxylation sites is 1. The number of hydrogen-bond acceptors (Lipinski definition) is 2. The highest BCUT2D eigenvalue weighted by Gasteiger charge is 2.38. The van der Waals surface area contributed by atoms with E-state index in [2.05, 4.69) is 37.4 Å². The van der Waals surface area contributed by atoms with Gasteiger partial charge in [0.15, 0.2) is 0 Å². The molecule has 1 N–H and O–H groups in total. The lowest BCUT2D eigenvalue weighted by Crippen LogP contribution is -2.44. The van der Waals surface area contributed by atoms with Crippen molar-refractivity contribution >= 4 is 5.91 Å². The first-order valence-corrected chi connectivity index (χ1v) is 9.27. The van der Waals surface area contributed by atoms with Crippen LogP contribution in [-0.4, -0.2) is 11.5 Å². The summed E-state index contributed by atoms with van der Waals surface area (Å²) in [5, 5.41) is 3.25. The number of amides is 1. The number of carbonyl (C=O) groups excluding carboxylic acids is 1. The fraction of sp³-hybridized carbons (Fsp3) is 0.409. The van der Waals surface area contributed by atoms with Crippen molar-refractivity contribution in [1.82, 2.24) is 5.32 Å². The number of ether oxygens (including phenoxy) is 1. The van der Waals surface area contributed by atoms with Gasteiger partial charge in [-0.25, -0.2) is 0 Å². The lowest BCUT2D eigenvalue weighted by molar-refractivity contribution is -0.122. The Kier molecular flexibility index (Phi) is 5.42. The van der Waals surface area contributed by atoms with Crippen LogP contribution in [0.1, 0.15) is 56.7 Å². The first kappa shape index (κ1) is 17.5. The Bertz CT molecular complexity index is 707. The van der Waals surface area contributed by atoms with Crippen molar-refractivity contribution in [1.29, 1.82) is 0 Å². The molecule has 0 aromatic heterocycles. The Morgan fingerprint density at radius 1 is 1.08 bits per heavy atom. The van der Waals surface area contributed by atoms with Gasteiger partial charge in [0.2, 0.25) is 5.91 Å². The third kappa shape index (κ3) is 4.04. The number of fused-ring (bicyclic) bond motifs is 1. The quantitative estimate of drug-likeness (QED) is 0.821. The molecular weight excluding hydrogens is 310 g/mol. The Hall–Kier alpha value is -2.29. The molecule has 3 heteroatoms. The van der Waals surface area contributed by atoms with E-state index in [0.717, 1.165) is 37.0 Å². The minimum Gasteiger partial charge on any atom is -0.487 e. The van der Waals surface area contributed by atoms with Gasteiger partial charge in [-0.3, -0.25) is 4.79 Å². The van der Waals surface area contributed by atoms with Crippen LogP contribution in [0.3, 0.4) is 0 Å². The highest BCUT2D eigenvalue weighted by Crippen LogP contribution is 2.42. The van der Waals surface area contributed by atoms with Gasteiger partial charge in [0.05, 0.1) is 6.04 Å². The summed E-state index contributed by atoms with van der Waals surface area (Å²) in [7, 11) is 0. The average molecular weight is 337 g/mol. The predicted molar refractivity (Wildman–Crippen MR) is 101 cm³/mol. The van der Waals surface area contributed by atoms with Gasteiger partial charge in [0, 0.05) is 18.4 Å². The molecule has 1 aliphatic heterocycles. The van der Waals surface area contributed by atoms with Crippen LogP contribution in [0.5, 0.6) is 5.75 Å². The fourth-order valence-corrected chi connectivity index (χ4v) is 3.60. The molecule has 1 heterocycles. The summed E-state index contributed by atoms with van der Waals surface area (Å²) in [4.78, 5) is 12.5. The second-order valence-electron chi connectivity index (χ2n) is 6.84. The van der Waals surface area contributed by atoms with Gasteiger partial charge >= 0.3 is 0 Å². The molecule has 0 saturated heterocycles. The van der Waals surface area contributed by atoms with Crippen molar-refractivity contribution < 1.29 is 9.53 Å². The molecule has 0 bridgehead atoms.